The van der Waals surface area contributed by atoms with E-state index < -0.39 is 11.8 Å². The normalized spacial score (nSPS) is 16.0. The Morgan fingerprint density at radius 2 is 2.00 bits per heavy atom. The number of aryl methyl sites for hydroxylation is 1. The average Bonchev–Trinajstić information content (AvgIpc) is 2.45. The van der Waals surface area contributed by atoms with Crippen molar-refractivity contribution in [3.05, 3.63) is 35.1 Å². The molecule has 0 radical (unpaired) electrons. The van der Waals surface area contributed by atoms with Crippen LogP contribution in [0.5, 0.6) is 0 Å². The van der Waals surface area contributed by atoms with Gasteiger partial charge in [0.05, 0.1) is 5.56 Å². The number of hydrogen-bond acceptors (Lipinski definition) is 2. The van der Waals surface area contributed by atoms with Crippen molar-refractivity contribution in [1.29, 1.82) is 0 Å². The topological polar surface area (TPSA) is 57.6 Å². The van der Waals surface area contributed by atoms with E-state index in [-0.39, 0.29) is 17.9 Å². The van der Waals surface area contributed by atoms with Gasteiger partial charge in [0.1, 0.15) is 5.82 Å². The maximum Gasteiger partial charge on any atom is 0.303 e. The monoisotopic (exact) mass is 293 g/mol. The molecule has 1 aromatic carbocycles. The van der Waals surface area contributed by atoms with E-state index in [9.17, 15) is 14.0 Å². The van der Waals surface area contributed by atoms with Crippen LogP contribution < -0.4 is 0 Å². The highest BCUT2D eigenvalue weighted by Crippen LogP contribution is 2.23. The molecule has 1 heterocycles. The number of aliphatic carboxylic acids is 1. The molecule has 0 unspecified atom stereocenters. The van der Waals surface area contributed by atoms with Crippen molar-refractivity contribution in [2.24, 2.45) is 5.92 Å². The lowest BCUT2D eigenvalue weighted by atomic mass is 9.92. The Hall–Kier alpha value is -1.91. The van der Waals surface area contributed by atoms with Gasteiger partial charge in [-0.25, -0.2) is 4.39 Å². The third-order valence-electron chi connectivity index (χ3n) is 4.02. The molecule has 0 aliphatic carbocycles. The standard InChI is InChI=1S/C16H20FNO3/c1-11-2-4-13(14(17)10-11)16(21)18-8-6-12(7-9-18)3-5-15(19)20/h2,4,10,12H,3,5-9H2,1H3,(H,19,20). The number of carboxylic acid groups (broad SMARTS) is 1. The number of amides is 1. The van der Waals surface area contributed by atoms with Crippen molar-refractivity contribution in [3.63, 3.8) is 0 Å². The summed E-state index contributed by atoms with van der Waals surface area (Å²) >= 11 is 0. The first-order valence-electron chi connectivity index (χ1n) is 7.24. The number of carbonyl (C=O) groups excluding carboxylic acids is 1. The lowest BCUT2D eigenvalue weighted by Gasteiger charge is -2.32. The largest absolute Gasteiger partial charge is 0.481 e. The van der Waals surface area contributed by atoms with Crippen LogP contribution >= 0.6 is 0 Å². The molecule has 1 aliphatic heterocycles. The van der Waals surface area contributed by atoms with Crippen LogP contribution in [0.15, 0.2) is 18.2 Å². The van der Waals surface area contributed by atoms with E-state index in [1.54, 1.807) is 17.9 Å². The third-order valence-corrected chi connectivity index (χ3v) is 4.02. The molecule has 1 saturated heterocycles. The van der Waals surface area contributed by atoms with Gasteiger partial charge in [0, 0.05) is 19.5 Å². The number of benzene rings is 1. The number of halogens is 1. The Morgan fingerprint density at radius 3 is 2.57 bits per heavy atom. The van der Waals surface area contributed by atoms with Crippen molar-refractivity contribution in [3.8, 4) is 0 Å². The molecule has 1 fully saturated rings. The third kappa shape index (κ3) is 4.03. The van der Waals surface area contributed by atoms with E-state index in [2.05, 4.69) is 0 Å². The lowest BCUT2D eigenvalue weighted by Crippen LogP contribution is -2.39. The summed E-state index contributed by atoms with van der Waals surface area (Å²) in [6.07, 6.45) is 2.39. The maximum atomic E-state index is 13.8. The van der Waals surface area contributed by atoms with Crippen LogP contribution in [0.1, 0.15) is 41.6 Å². The highest BCUT2D eigenvalue weighted by atomic mass is 19.1. The summed E-state index contributed by atoms with van der Waals surface area (Å²) in [7, 11) is 0. The number of piperidine rings is 1. The van der Waals surface area contributed by atoms with Crippen molar-refractivity contribution < 1.29 is 19.1 Å². The second-order valence-electron chi connectivity index (χ2n) is 5.65. The van der Waals surface area contributed by atoms with Crippen LogP contribution in [0.2, 0.25) is 0 Å². The molecule has 5 heteroatoms. The summed E-state index contributed by atoms with van der Waals surface area (Å²) in [5.41, 5.74) is 0.904. The molecule has 2 rings (SSSR count). The quantitative estimate of drug-likeness (QED) is 0.928. The minimum Gasteiger partial charge on any atom is -0.481 e. The van der Waals surface area contributed by atoms with Crippen LogP contribution in [-0.2, 0) is 4.79 Å². The predicted octanol–water partition coefficient (Wildman–Crippen LogP) is 2.85. The van der Waals surface area contributed by atoms with Crippen LogP contribution in [-0.4, -0.2) is 35.0 Å². The summed E-state index contributed by atoms with van der Waals surface area (Å²) in [5.74, 6) is -1.19. The van der Waals surface area contributed by atoms with E-state index in [0.717, 1.165) is 18.4 Å². The molecule has 0 bridgehead atoms. The van der Waals surface area contributed by atoms with Gasteiger partial charge in [0.25, 0.3) is 5.91 Å². The molecule has 4 nitrogen and oxygen atoms in total. The number of carboxylic acids is 1. The second kappa shape index (κ2) is 6.70. The number of hydrogen-bond donors (Lipinski definition) is 1. The van der Waals surface area contributed by atoms with Crippen LogP contribution in [0.25, 0.3) is 0 Å². The minimum atomic E-state index is -0.782. The Morgan fingerprint density at radius 1 is 1.33 bits per heavy atom. The fourth-order valence-electron chi connectivity index (χ4n) is 2.72. The van der Waals surface area contributed by atoms with E-state index in [0.29, 0.717) is 25.4 Å². The Bertz CT molecular complexity index is 536. The van der Waals surface area contributed by atoms with Crippen LogP contribution in [0.3, 0.4) is 0 Å². The van der Waals surface area contributed by atoms with E-state index >= 15 is 0 Å². The summed E-state index contributed by atoms with van der Waals surface area (Å²) < 4.78 is 13.8. The average molecular weight is 293 g/mol. The maximum absolute atomic E-state index is 13.8. The van der Waals surface area contributed by atoms with Gasteiger partial charge in [-0.2, -0.15) is 0 Å². The van der Waals surface area contributed by atoms with Gasteiger partial charge in [-0.3, -0.25) is 9.59 Å². The molecule has 1 aliphatic rings. The second-order valence-corrected chi connectivity index (χ2v) is 5.65. The summed E-state index contributed by atoms with van der Waals surface area (Å²) in [4.78, 5) is 24.5. The zero-order valence-electron chi connectivity index (χ0n) is 12.1. The molecular formula is C16H20FNO3. The number of carbonyl (C=O) groups is 2. The first-order chi connectivity index (χ1) is 9.97. The summed E-state index contributed by atoms with van der Waals surface area (Å²) in [5, 5.41) is 8.68. The van der Waals surface area contributed by atoms with Gasteiger partial charge in [-0.15, -0.1) is 0 Å². The Labute approximate surface area is 123 Å². The fraction of sp³-hybridized carbons (Fsp3) is 0.500. The first-order valence-corrected chi connectivity index (χ1v) is 7.24. The molecule has 21 heavy (non-hydrogen) atoms. The van der Waals surface area contributed by atoms with Crippen LogP contribution in [0, 0.1) is 18.7 Å². The van der Waals surface area contributed by atoms with Gasteiger partial charge in [-0.1, -0.05) is 6.07 Å². The molecule has 0 saturated carbocycles. The fourth-order valence-corrected chi connectivity index (χ4v) is 2.72. The van der Waals surface area contributed by atoms with Crippen LogP contribution in [0.4, 0.5) is 4.39 Å². The number of rotatable bonds is 4. The lowest BCUT2D eigenvalue weighted by molar-refractivity contribution is -0.137. The smallest absolute Gasteiger partial charge is 0.303 e. The molecule has 1 N–H and O–H groups in total. The highest BCUT2D eigenvalue weighted by molar-refractivity contribution is 5.94. The summed E-state index contributed by atoms with van der Waals surface area (Å²) in [6.45, 7) is 2.91. The van der Waals surface area contributed by atoms with Gasteiger partial charge in [-0.05, 0) is 49.8 Å². The van der Waals surface area contributed by atoms with Crippen molar-refractivity contribution in [2.75, 3.05) is 13.1 Å². The highest BCUT2D eigenvalue weighted by Gasteiger charge is 2.25. The summed E-state index contributed by atoms with van der Waals surface area (Å²) in [6, 6.07) is 4.63. The van der Waals surface area contributed by atoms with Gasteiger partial charge in [0.2, 0.25) is 0 Å². The van der Waals surface area contributed by atoms with E-state index in [4.69, 9.17) is 5.11 Å². The van der Waals surface area contributed by atoms with Crippen molar-refractivity contribution >= 4 is 11.9 Å². The van der Waals surface area contributed by atoms with Crippen molar-refractivity contribution in [1.82, 2.24) is 4.90 Å². The minimum absolute atomic E-state index is 0.115. The van der Waals surface area contributed by atoms with E-state index in [1.807, 2.05) is 0 Å². The van der Waals surface area contributed by atoms with E-state index in [1.165, 1.54) is 12.1 Å². The zero-order valence-corrected chi connectivity index (χ0v) is 12.1. The first kappa shape index (κ1) is 15.5. The molecule has 0 aromatic heterocycles. The Kier molecular flexibility index (Phi) is 4.94. The van der Waals surface area contributed by atoms with Gasteiger partial charge in [0.15, 0.2) is 0 Å². The Balaban J connectivity index is 1.92. The van der Waals surface area contributed by atoms with Gasteiger partial charge >= 0.3 is 5.97 Å². The molecule has 1 amide bonds. The number of nitrogens with zero attached hydrogens (tertiary/aromatic N) is 1. The molecular weight excluding hydrogens is 273 g/mol. The molecule has 0 atom stereocenters. The predicted molar refractivity (Wildman–Crippen MR) is 76.6 cm³/mol. The zero-order chi connectivity index (χ0) is 15.4. The van der Waals surface area contributed by atoms with Crippen molar-refractivity contribution in [2.45, 2.75) is 32.6 Å². The molecule has 0 spiro atoms. The molecule has 1 aromatic rings. The molecule has 114 valence electrons. The SMILES string of the molecule is Cc1ccc(C(=O)N2CCC(CCC(=O)O)CC2)c(F)c1. The number of likely N-dealkylation sites (tertiary alicyclic amines) is 1. The van der Waals surface area contributed by atoms with Gasteiger partial charge < -0.3 is 10.0 Å².